The normalized spacial score (nSPS) is 17.2. The molecule has 3 aromatic rings. The molecular formula is C21H22N4O3S. The number of nitrogens with one attached hydrogen (secondary N) is 2. The smallest absolute Gasteiger partial charge is 0.269 e. The highest BCUT2D eigenvalue weighted by atomic mass is 32.2. The third-order valence-corrected chi connectivity index (χ3v) is 6.61. The average Bonchev–Trinajstić information content (AvgIpc) is 3.08. The predicted octanol–water partition coefficient (Wildman–Crippen LogP) is 3.00. The summed E-state index contributed by atoms with van der Waals surface area (Å²) in [5, 5.41) is 6.81. The second-order valence-corrected chi connectivity index (χ2v) is 8.98. The Morgan fingerprint density at radius 1 is 1.24 bits per heavy atom. The number of anilines is 1. The number of hydrogen-bond acceptors (Lipinski definition) is 5. The van der Waals surface area contributed by atoms with Crippen LogP contribution in [0.4, 0.5) is 5.69 Å². The molecule has 0 fully saturated rings. The van der Waals surface area contributed by atoms with E-state index in [0.717, 1.165) is 29.5 Å². The number of nitrogens with zero attached hydrogens (tertiary/aromatic N) is 2. The molecule has 0 saturated heterocycles. The predicted molar refractivity (Wildman–Crippen MR) is 113 cm³/mol. The van der Waals surface area contributed by atoms with Crippen LogP contribution in [-0.2, 0) is 14.8 Å². The second kappa shape index (κ2) is 7.46. The van der Waals surface area contributed by atoms with Crippen LogP contribution in [0.5, 0.6) is 0 Å². The van der Waals surface area contributed by atoms with Gasteiger partial charge in [0, 0.05) is 48.5 Å². The van der Waals surface area contributed by atoms with Crippen molar-refractivity contribution in [2.75, 3.05) is 11.9 Å². The SMILES string of the molecule is CC(=O)Nc1ccc(S(=O)(=O)n2cc(C3=CCNC(C)C3)c3cccnc32)cc1. The van der Waals surface area contributed by atoms with Gasteiger partial charge in [-0.25, -0.2) is 17.4 Å². The maximum absolute atomic E-state index is 13.3. The highest BCUT2D eigenvalue weighted by molar-refractivity contribution is 7.90. The van der Waals surface area contributed by atoms with Crippen molar-refractivity contribution in [1.82, 2.24) is 14.3 Å². The summed E-state index contributed by atoms with van der Waals surface area (Å²) in [6.45, 7) is 4.26. The molecule has 0 bridgehead atoms. The van der Waals surface area contributed by atoms with Crippen LogP contribution in [0.1, 0.15) is 25.8 Å². The summed E-state index contributed by atoms with van der Waals surface area (Å²) < 4.78 is 27.9. The Labute approximate surface area is 169 Å². The Morgan fingerprint density at radius 3 is 2.69 bits per heavy atom. The van der Waals surface area contributed by atoms with Gasteiger partial charge in [0.2, 0.25) is 5.91 Å². The van der Waals surface area contributed by atoms with E-state index in [-0.39, 0.29) is 10.8 Å². The van der Waals surface area contributed by atoms with E-state index < -0.39 is 10.0 Å². The zero-order valence-corrected chi connectivity index (χ0v) is 17.0. The Bertz CT molecular complexity index is 1210. The molecule has 1 aliphatic rings. The summed E-state index contributed by atoms with van der Waals surface area (Å²) in [6, 6.07) is 10.2. The molecule has 0 saturated carbocycles. The van der Waals surface area contributed by atoms with Gasteiger partial charge < -0.3 is 10.6 Å². The van der Waals surface area contributed by atoms with E-state index in [1.807, 2.05) is 12.1 Å². The summed E-state index contributed by atoms with van der Waals surface area (Å²) in [6.07, 6.45) is 6.18. The average molecular weight is 410 g/mol. The largest absolute Gasteiger partial charge is 0.326 e. The molecular weight excluding hydrogens is 388 g/mol. The molecule has 150 valence electrons. The lowest BCUT2D eigenvalue weighted by atomic mass is 9.96. The number of carbonyl (C=O) groups excluding carboxylic acids is 1. The zero-order valence-electron chi connectivity index (χ0n) is 16.2. The third-order valence-electron chi connectivity index (χ3n) is 4.95. The lowest BCUT2D eigenvalue weighted by Crippen LogP contribution is -2.29. The monoisotopic (exact) mass is 410 g/mol. The van der Waals surface area contributed by atoms with Gasteiger partial charge in [-0.15, -0.1) is 0 Å². The number of pyridine rings is 1. The van der Waals surface area contributed by atoms with E-state index in [9.17, 15) is 13.2 Å². The highest BCUT2D eigenvalue weighted by Gasteiger charge is 2.24. The fourth-order valence-electron chi connectivity index (χ4n) is 3.59. The van der Waals surface area contributed by atoms with Crippen molar-refractivity contribution < 1.29 is 13.2 Å². The Balaban J connectivity index is 1.81. The molecule has 1 unspecified atom stereocenters. The topological polar surface area (TPSA) is 93.1 Å². The summed E-state index contributed by atoms with van der Waals surface area (Å²) in [4.78, 5) is 15.7. The molecule has 7 nitrogen and oxygen atoms in total. The van der Waals surface area contributed by atoms with Gasteiger partial charge in [-0.05, 0) is 55.3 Å². The number of amides is 1. The number of benzene rings is 1. The fourth-order valence-corrected chi connectivity index (χ4v) is 4.91. The molecule has 0 aliphatic carbocycles. The molecule has 8 heteroatoms. The van der Waals surface area contributed by atoms with Gasteiger partial charge in [-0.2, -0.15) is 0 Å². The maximum Gasteiger partial charge on any atom is 0.269 e. The lowest BCUT2D eigenvalue weighted by Gasteiger charge is -2.20. The molecule has 1 atom stereocenters. The van der Waals surface area contributed by atoms with Crippen molar-refractivity contribution in [1.29, 1.82) is 0 Å². The highest BCUT2D eigenvalue weighted by Crippen LogP contribution is 2.32. The Hall–Kier alpha value is -2.97. The van der Waals surface area contributed by atoms with Crippen LogP contribution in [-0.4, -0.2) is 35.9 Å². The molecule has 0 spiro atoms. The van der Waals surface area contributed by atoms with Crippen molar-refractivity contribution in [3.63, 3.8) is 0 Å². The van der Waals surface area contributed by atoms with E-state index in [1.54, 1.807) is 24.5 Å². The number of hydrogen-bond donors (Lipinski definition) is 2. The lowest BCUT2D eigenvalue weighted by molar-refractivity contribution is -0.114. The zero-order chi connectivity index (χ0) is 20.6. The Kier molecular flexibility index (Phi) is 4.97. The fraction of sp³-hybridized carbons (Fsp3) is 0.238. The van der Waals surface area contributed by atoms with Crippen LogP contribution in [0, 0.1) is 0 Å². The molecule has 2 aromatic heterocycles. The molecule has 0 radical (unpaired) electrons. The van der Waals surface area contributed by atoms with Gasteiger partial charge in [-0.1, -0.05) is 6.08 Å². The summed E-state index contributed by atoms with van der Waals surface area (Å²) in [7, 11) is -3.84. The van der Waals surface area contributed by atoms with E-state index in [2.05, 4.69) is 28.6 Å². The van der Waals surface area contributed by atoms with Crippen LogP contribution in [0.25, 0.3) is 16.6 Å². The van der Waals surface area contributed by atoms with Gasteiger partial charge >= 0.3 is 0 Å². The van der Waals surface area contributed by atoms with Crippen LogP contribution in [0.2, 0.25) is 0 Å². The van der Waals surface area contributed by atoms with E-state index in [0.29, 0.717) is 17.4 Å². The molecule has 1 aliphatic heterocycles. The van der Waals surface area contributed by atoms with Crippen LogP contribution in [0.3, 0.4) is 0 Å². The second-order valence-electron chi connectivity index (χ2n) is 7.17. The molecule has 2 N–H and O–H groups in total. The van der Waals surface area contributed by atoms with E-state index in [4.69, 9.17) is 0 Å². The molecule has 3 heterocycles. The van der Waals surface area contributed by atoms with Crippen molar-refractivity contribution in [2.45, 2.75) is 31.2 Å². The standard InChI is InChI=1S/C21H22N4O3S/c1-14-12-16(9-11-22-14)20-13-25(21-19(20)4-3-10-23-21)29(27,28)18-7-5-17(6-8-18)24-15(2)26/h3-10,13-14,22H,11-12H2,1-2H3,(H,24,26). The van der Waals surface area contributed by atoms with Gasteiger partial charge in [0.15, 0.2) is 5.65 Å². The van der Waals surface area contributed by atoms with Crippen LogP contribution < -0.4 is 10.6 Å². The van der Waals surface area contributed by atoms with Gasteiger partial charge in [0.1, 0.15) is 0 Å². The van der Waals surface area contributed by atoms with Crippen LogP contribution >= 0.6 is 0 Å². The minimum Gasteiger partial charge on any atom is -0.326 e. The number of carbonyl (C=O) groups is 1. The van der Waals surface area contributed by atoms with Crippen LogP contribution in [0.15, 0.2) is 59.8 Å². The van der Waals surface area contributed by atoms with E-state index in [1.165, 1.54) is 23.0 Å². The van der Waals surface area contributed by atoms with Gasteiger partial charge in [0.05, 0.1) is 4.90 Å². The minimum absolute atomic E-state index is 0.133. The first-order valence-corrected chi connectivity index (χ1v) is 10.8. The van der Waals surface area contributed by atoms with E-state index >= 15 is 0 Å². The minimum atomic E-state index is -3.84. The molecule has 1 amide bonds. The van der Waals surface area contributed by atoms with Crippen molar-refractivity contribution in [3.8, 4) is 0 Å². The molecule has 29 heavy (non-hydrogen) atoms. The van der Waals surface area contributed by atoms with Gasteiger partial charge in [-0.3, -0.25) is 4.79 Å². The van der Waals surface area contributed by atoms with Crippen molar-refractivity contribution in [3.05, 3.63) is 60.4 Å². The first-order valence-electron chi connectivity index (χ1n) is 9.38. The summed E-state index contributed by atoms with van der Waals surface area (Å²) in [5.74, 6) is -0.213. The Morgan fingerprint density at radius 2 is 2.00 bits per heavy atom. The summed E-state index contributed by atoms with van der Waals surface area (Å²) in [5.41, 5.74) is 2.95. The van der Waals surface area contributed by atoms with Crippen molar-refractivity contribution in [2.24, 2.45) is 0 Å². The number of fused-ring (bicyclic) bond motifs is 1. The summed E-state index contributed by atoms with van der Waals surface area (Å²) >= 11 is 0. The number of rotatable bonds is 4. The third kappa shape index (κ3) is 3.68. The first kappa shape index (κ1) is 19.4. The molecule has 1 aromatic carbocycles. The maximum atomic E-state index is 13.3. The quantitative estimate of drug-likeness (QED) is 0.690. The van der Waals surface area contributed by atoms with Crippen molar-refractivity contribution >= 4 is 38.2 Å². The first-order chi connectivity index (χ1) is 13.9. The number of aromatic nitrogens is 2. The molecule has 4 rings (SSSR count). The van der Waals surface area contributed by atoms with Gasteiger partial charge in [0.25, 0.3) is 10.0 Å².